The summed E-state index contributed by atoms with van der Waals surface area (Å²) >= 11 is 0. The molecular weight excluding hydrogens is 354 g/mol. The van der Waals surface area contributed by atoms with Gasteiger partial charge in [0.25, 0.3) is 10.0 Å². The molecule has 0 spiro atoms. The molecule has 26 heavy (non-hydrogen) atoms. The molecule has 9 heteroatoms. The van der Waals surface area contributed by atoms with Crippen LogP contribution in [0.5, 0.6) is 0 Å². The van der Waals surface area contributed by atoms with Crippen LogP contribution in [0.1, 0.15) is 25.8 Å². The van der Waals surface area contributed by atoms with Crippen molar-refractivity contribution < 1.29 is 13.2 Å². The van der Waals surface area contributed by atoms with Gasteiger partial charge < -0.3 is 10.2 Å². The van der Waals surface area contributed by atoms with Crippen LogP contribution < -0.4 is 14.9 Å². The van der Waals surface area contributed by atoms with Crippen molar-refractivity contribution in [2.45, 2.75) is 31.6 Å². The van der Waals surface area contributed by atoms with E-state index in [1.54, 1.807) is 29.2 Å². The first-order chi connectivity index (χ1) is 12.4. The SMILES string of the molecule is CCCNc1ccc(NS(=O)(=O)c2ccc3c(c2)CCN3C(C)=O)nn1. The Balaban J connectivity index is 1.77. The quantitative estimate of drug-likeness (QED) is 0.800. The molecule has 8 nitrogen and oxygen atoms in total. The fourth-order valence-corrected chi connectivity index (χ4v) is 3.85. The number of aromatic nitrogens is 2. The predicted octanol–water partition coefficient (Wildman–Crippen LogP) is 2.01. The molecule has 1 aromatic heterocycles. The molecule has 0 saturated carbocycles. The van der Waals surface area contributed by atoms with Gasteiger partial charge in [0.15, 0.2) is 5.82 Å². The van der Waals surface area contributed by atoms with E-state index in [2.05, 4.69) is 20.2 Å². The second-order valence-electron chi connectivity index (χ2n) is 6.05. The maximum absolute atomic E-state index is 12.6. The van der Waals surface area contributed by atoms with Gasteiger partial charge in [0, 0.05) is 25.7 Å². The zero-order valence-corrected chi connectivity index (χ0v) is 15.5. The van der Waals surface area contributed by atoms with Crippen molar-refractivity contribution in [3.8, 4) is 0 Å². The van der Waals surface area contributed by atoms with E-state index < -0.39 is 10.0 Å². The Morgan fingerprint density at radius 2 is 1.92 bits per heavy atom. The number of carbonyl (C=O) groups excluding carboxylic acids is 1. The average Bonchev–Trinajstić information content (AvgIpc) is 3.04. The van der Waals surface area contributed by atoms with Crippen molar-refractivity contribution in [2.24, 2.45) is 0 Å². The predicted molar refractivity (Wildman–Crippen MR) is 99.8 cm³/mol. The lowest BCUT2D eigenvalue weighted by Gasteiger charge is -2.15. The van der Waals surface area contributed by atoms with Gasteiger partial charge in [-0.05, 0) is 48.7 Å². The van der Waals surface area contributed by atoms with Crippen molar-refractivity contribution in [2.75, 3.05) is 28.0 Å². The number of sulfonamides is 1. The third-order valence-electron chi connectivity index (χ3n) is 4.10. The van der Waals surface area contributed by atoms with E-state index in [9.17, 15) is 13.2 Å². The highest BCUT2D eigenvalue weighted by atomic mass is 32.2. The smallest absolute Gasteiger partial charge is 0.263 e. The molecule has 2 aromatic rings. The van der Waals surface area contributed by atoms with Gasteiger partial charge in [-0.3, -0.25) is 9.52 Å². The lowest BCUT2D eigenvalue weighted by Crippen LogP contribution is -2.25. The summed E-state index contributed by atoms with van der Waals surface area (Å²) < 4.78 is 27.6. The molecule has 2 N–H and O–H groups in total. The minimum atomic E-state index is -3.78. The molecule has 0 radical (unpaired) electrons. The number of anilines is 3. The maximum atomic E-state index is 12.6. The van der Waals surface area contributed by atoms with Gasteiger partial charge in [-0.2, -0.15) is 0 Å². The number of nitrogens with zero attached hydrogens (tertiary/aromatic N) is 3. The average molecular weight is 375 g/mol. The normalized spacial score (nSPS) is 13.4. The highest BCUT2D eigenvalue weighted by Crippen LogP contribution is 2.30. The number of fused-ring (bicyclic) bond motifs is 1. The minimum absolute atomic E-state index is 0.0514. The summed E-state index contributed by atoms with van der Waals surface area (Å²) in [5.41, 5.74) is 1.61. The molecule has 2 heterocycles. The van der Waals surface area contributed by atoms with Gasteiger partial charge in [0.05, 0.1) is 4.90 Å². The minimum Gasteiger partial charge on any atom is -0.369 e. The van der Waals surface area contributed by atoms with Crippen molar-refractivity contribution in [3.05, 3.63) is 35.9 Å². The molecule has 0 atom stereocenters. The van der Waals surface area contributed by atoms with E-state index in [1.807, 2.05) is 6.92 Å². The van der Waals surface area contributed by atoms with Crippen LogP contribution in [0.4, 0.5) is 17.3 Å². The first kappa shape index (κ1) is 18.1. The number of rotatable bonds is 6. The number of hydrogen-bond acceptors (Lipinski definition) is 6. The zero-order chi connectivity index (χ0) is 18.7. The van der Waals surface area contributed by atoms with Gasteiger partial charge in [0.1, 0.15) is 5.82 Å². The number of carbonyl (C=O) groups is 1. The Morgan fingerprint density at radius 3 is 2.58 bits per heavy atom. The van der Waals surface area contributed by atoms with Crippen molar-refractivity contribution in [1.82, 2.24) is 10.2 Å². The lowest BCUT2D eigenvalue weighted by molar-refractivity contribution is -0.116. The second-order valence-corrected chi connectivity index (χ2v) is 7.73. The Kier molecular flexibility index (Phi) is 5.08. The third-order valence-corrected chi connectivity index (χ3v) is 5.45. The van der Waals surface area contributed by atoms with Crippen LogP contribution in [0.2, 0.25) is 0 Å². The van der Waals surface area contributed by atoms with Crippen LogP contribution >= 0.6 is 0 Å². The molecule has 138 valence electrons. The van der Waals surface area contributed by atoms with Crippen LogP contribution in [0.3, 0.4) is 0 Å². The van der Waals surface area contributed by atoms with Crippen LogP contribution in [-0.4, -0.2) is 37.6 Å². The van der Waals surface area contributed by atoms with Crippen LogP contribution in [0.25, 0.3) is 0 Å². The van der Waals surface area contributed by atoms with E-state index in [4.69, 9.17) is 0 Å². The summed E-state index contributed by atoms with van der Waals surface area (Å²) in [5.74, 6) is 0.694. The van der Waals surface area contributed by atoms with E-state index in [1.165, 1.54) is 13.0 Å². The van der Waals surface area contributed by atoms with E-state index in [-0.39, 0.29) is 16.6 Å². The molecule has 1 aliphatic rings. The summed E-state index contributed by atoms with van der Waals surface area (Å²) in [7, 11) is -3.78. The summed E-state index contributed by atoms with van der Waals surface area (Å²) in [6.45, 7) is 4.87. The molecule has 3 rings (SSSR count). The van der Waals surface area contributed by atoms with Gasteiger partial charge >= 0.3 is 0 Å². The number of nitrogens with one attached hydrogen (secondary N) is 2. The Labute approximate surface area is 152 Å². The zero-order valence-electron chi connectivity index (χ0n) is 14.7. The molecule has 0 bridgehead atoms. The van der Waals surface area contributed by atoms with Crippen molar-refractivity contribution in [1.29, 1.82) is 0 Å². The van der Waals surface area contributed by atoms with Gasteiger partial charge in [-0.25, -0.2) is 8.42 Å². The molecule has 1 amide bonds. The molecule has 0 saturated heterocycles. The topological polar surface area (TPSA) is 104 Å². The standard InChI is InChI=1S/C17H21N5O3S/c1-3-9-18-16-6-7-17(20-19-16)21-26(24,25)14-4-5-15-13(11-14)8-10-22(15)12(2)23/h4-7,11H,3,8-10H2,1-2H3,(H,18,19)(H,20,21). The second kappa shape index (κ2) is 7.28. The highest BCUT2D eigenvalue weighted by molar-refractivity contribution is 7.92. The highest BCUT2D eigenvalue weighted by Gasteiger charge is 2.25. The van der Waals surface area contributed by atoms with Gasteiger partial charge in [-0.1, -0.05) is 6.92 Å². The number of hydrogen-bond donors (Lipinski definition) is 2. The number of amides is 1. The Hall–Kier alpha value is -2.68. The van der Waals surface area contributed by atoms with E-state index >= 15 is 0 Å². The van der Waals surface area contributed by atoms with Crippen LogP contribution in [-0.2, 0) is 21.2 Å². The summed E-state index contributed by atoms with van der Waals surface area (Å²) in [4.78, 5) is 13.4. The van der Waals surface area contributed by atoms with Crippen LogP contribution in [0.15, 0.2) is 35.2 Å². The summed E-state index contributed by atoms with van der Waals surface area (Å²) in [6.07, 6.45) is 1.59. The third kappa shape index (κ3) is 3.77. The molecule has 0 fully saturated rings. The monoisotopic (exact) mass is 375 g/mol. The van der Waals surface area contributed by atoms with Gasteiger partial charge in [-0.15, -0.1) is 10.2 Å². The van der Waals surface area contributed by atoms with E-state index in [0.29, 0.717) is 18.8 Å². The fourth-order valence-electron chi connectivity index (χ4n) is 2.80. The number of benzene rings is 1. The van der Waals surface area contributed by atoms with Gasteiger partial charge in [0.2, 0.25) is 5.91 Å². The molecule has 0 aliphatic carbocycles. The molecular formula is C17H21N5O3S. The van der Waals surface area contributed by atoms with E-state index in [0.717, 1.165) is 24.2 Å². The Morgan fingerprint density at radius 1 is 1.19 bits per heavy atom. The summed E-state index contributed by atoms with van der Waals surface area (Å²) in [6, 6.07) is 8.00. The largest absolute Gasteiger partial charge is 0.369 e. The van der Waals surface area contributed by atoms with Crippen molar-refractivity contribution in [3.63, 3.8) is 0 Å². The van der Waals surface area contributed by atoms with Crippen molar-refractivity contribution >= 4 is 33.3 Å². The van der Waals surface area contributed by atoms with Crippen LogP contribution in [0, 0.1) is 0 Å². The molecule has 1 aliphatic heterocycles. The first-order valence-electron chi connectivity index (χ1n) is 8.42. The molecule has 1 aromatic carbocycles. The fraction of sp³-hybridized carbons (Fsp3) is 0.353. The Bertz CT molecular complexity index is 912. The maximum Gasteiger partial charge on any atom is 0.263 e. The first-order valence-corrected chi connectivity index (χ1v) is 9.90. The lowest BCUT2D eigenvalue weighted by atomic mass is 10.2. The molecule has 0 unspecified atom stereocenters. The summed E-state index contributed by atoms with van der Waals surface area (Å²) in [5, 5.41) is 10.9.